The van der Waals surface area contributed by atoms with Gasteiger partial charge in [-0.2, -0.15) is 13.5 Å². The number of nitrogens with one attached hydrogen (secondary N) is 1. The van der Waals surface area contributed by atoms with Crippen molar-refractivity contribution >= 4 is 55.5 Å². The lowest BCUT2D eigenvalue weighted by Gasteiger charge is -2.13. The molecule has 3 N–H and O–H groups in total. The average molecular weight is 526 g/mol. The van der Waals surface area contributed by atoms with Gasteiger partial charge in [-0.25, -0.2) is 0 Å². The van der Waals surface area contributed by atoms with E-state index in [4.69, 9.17) is 16.3 Å². The molecule has 0 aliphatic carbocycles. The number of rotatable bonds is 6. The van der Waals surface area contributed by atoms with Crippen molar-refractivity contribution in [2.24, 2.45) is 10.2 Å². The number of carbonyl (C=O) groups excluding carboxylic acids is 1. The van der Waals surface area contributed by atoms with E-state index in [1.165, 1.54) is 32.2 Å². The molecule has 1 amide bonds. The van der Waals surface area contributed by atoms with Gasteiger partial charge in [0.15, 0.2) is 5.75 Å². The molecule has 184 valence electrons. The van der Waals surface area contributed by atoms with Crippen LogP contribution in [0.4, 0.5) is 17.1 Å². The SMILES string of the molecule is COc1ccccc1NC(=O)c1cc2ccccc2c(N=Nc2ccc(Cl)c(S(=O)(=O)O)c2C)c1O. The number of hydrogen-bond donors (Lipinski definition) is 3. The van der Waals surface area contributed by atoms with Crippen LogP contribution >= 0.6 is 11.6 Å². The van der Waals surface area contributed by atoms with Crippen LogP contribution < -0.4 is 10.1 Å². The monoisotopic (exact) mass is 525 g/mol. The number of nitrogens with zero attached hydrogens (tertiary/aromatic N) is 2. The third-order valence-corrected chi connectivity index (χ3v) is 6.91. The molecule has 0 saturated carbocycles. The van der Waals surface area contributed by atoms with Gasteiger partial charge in [0.05, 0.1) is 29.1 Å². The molecule has 0 spiro atoms. The van der Waals surface area contributed by atoms with E-state index in [1.807, 2.05) is 0 Å². The summed E-state index contributed by atoms with van der Waals surface area (Å²) in [6.45, 7) is 1.42. The largest absolute Gasteiger partial charge is 0.505 e. The molecule has 11 heteroatoms. The maximum absolute atomic E-state index is 13.1. The zero-order valence-corrected chi connectivity index (χ0v) is 20.6. The molecule has 0 heterocycles. The fourth-order valence-electron chi connectivity index (χ4n) is 3.71. The Morgan fingerprint density at radius 3 is 2.44 bits per heavy atom. The fraction of sp³-hybridized carbons (Fsp3) is 0.0800. The first-order chi connectivity index (χ1) is 17.1. The third kappa shape index (κ3) is 4.87. The second-order valence-corrected chi connectivity index (χ2v) is 9.46. The minimum Gasteiger partial charge on any atom is -0.505 e. The number of phenolic OH excluding ortho intramolecular Hbond substituents is 1. The number of azo groups is 1. The highest BCUT2D eigenvalue weighted by Crippen LogP contribution is 2.41. The highest BCUT2D eigenvalue weighted by atomic mass is 35.5. The number of benzene rings is 4. The Balaban J connectivity index is 1.82. The molecule has 4 aromatic rings. The van der Waals surface area contributed by atoms with E-state index in [2.05, 4.69) is 15.5 Å². The van der Waals surface area contributed by atoms with Crippen molar-refractivity contribution in [1.29, 1.82) is 0 Å². The fourth-order valence-corrected chi connectivity index (χ4v) is 5.01. The van der Waals surface area contributed by atoms with E-state index in [-0.39, 0.29) is 27.5 Å². The predicted octanol–water partition coefficient (Wildman–Crippen LogP) is 6.43. The minimum absolute atomic E-state index is 0.000956. The summed E-state index contributed by atoms with van der Waals surface area (Å²) >= 11 is 5.95. The summed E-state index contributed by atoms with van der Waals surface area (Å²) in [5, 5.41) is 22.9. The van der Waals surface area contributed by atoms with Crippen LogP contribution in [0.1, 0.15) is 15.9 Å². The number of fused-ring (bicyclic) bond motifs is 1. The molecule has 36 heavy (non-hydrogen) atoms. The smallest absolute Gasteiger partial charge is 0.296 e. The molecule has 4 aromatic carbocycles. The third-order valence-electron chi connectivity index (χ3n) is 5.44. The molecule has 0 bridgehead atoms. The van der Waals surface area contributed by atoms with Gasteiger partial charge in [0.2, 0.25) is 0 Å². The van der Waals surface area contributed by atoms with Gasteiger partial charge in [0.25, 0.3) is 16.0 Å². The van der Waals surface area contributed by atoms with Crippen molar-refractivity contribution in [3.63, 3.8) is 0 Å². The maximum Gasteiger partial charge on any atom is 0.296 e. The topological polar surface area (TPSA) is 138 Å². The normalized spacial score (nSPS) is 11.7. The molecular weight excluding hydrogens is 506 g/mol. The van der Waals surface area contributed by atoms with E-state index in [0.29, 0.717) is 22.2 Å². The number of halogens is 1. The lowest BCUT2D eigenvalue weighted by atomic mass is 10.0. The second-order valence-electron chi connectivity index (χ2n) is 7.69. The first-order valence-corrected chi connectivity index (χ1v) is 12.3. The summed E-state index contributed by atoms with van der Waals surface area (Å²) in [6, 6.07) is 18.0. The van der Waals surface area contributed by atoms with Gasteiger partial charge < -0.3 is 15.2 Å². The summed E-state index contributed by atoms with van der Waals surface area (Å²) in [5.74, 6) is -0.583. The quantitative estimate of drug-likeness (QED) is 0.196. The highest BCUT2D eigenvalue weighted by Gasteiger charge is 2.22. The highest BCUT2D eigenvalue weighted by molar-refractivity contribution is 7.86. The molecule has 0 aliphatic rings. The molecule has 0 radical (unpaired) electrons. The number of para-hydroxylation sites is 2. The molecule has 9 nitrogen and oxygen atoms in total. The van der Waals surface area contributed by atoms with Crippen LogP contribution in [-0.4, -0.2) is 31.1 Å². The first kappa shape index (κ1) is 25.1. The van der Waals surface area contributed by atoms with E-state index in [1.54, 1.807) is 48.5 Å². The standard InChI is InChI=1S/C25H20ClN3O6S/c1-14-19(12-11-18(26)24(14)36(32,33)34)28-29-22-16-8-4-3-7-15(16)13-17(23(22)30)25(31)27-20-9-5-6-10-21(20)35-2/h3-13,30H,1-2H3,(H,27,31)(H,32,33,34). The van der Waals surface area contributed by atoms with Gasteiger partial charge >= 0.3 is 0 Å². The number of phenols is 1. The molecule has 4 rings (SSSR count). The van der Waals surface area contributed by atoms with Crippen LogP contribution in [0.5, 0.6) is 11.5 Å². The van der Waals surface area contributed by atoms with Crippen LogP contribution in [0.3, 0.4) is 0 Å². The van der Waals surface area contributed by atoms with Crippen LogP contribution in [0.15, 0.2) is 81.9 Å². The second kappa shape index (κ2) is 9.94. The van der Waals surface area contributed by atoms with Crippen LogP contribution in [0.2, 0.25) is 5.02 Å². The summed E-state index contributed by atoms with van der Waals surface area (Å²) in [4.78, 5) is 12.6. The van der Waals surface area contributed by atoms with Gasteiger partial charge in [-0.1, -0.05) is 48.0 Å². The van der Waals surface area contributed by atoms with Crippen molar-refractivity contribution < 1.29 is 27.6 Å². The Hall–Kier alpha value is -3.99. The van der Waals surface area contributed by atoms with Gasteiger partial charge in [0, 0.05) is 5.39 Å². The van der Waals surface area contributed by atoms with Crippen molar-refractivity contribution in [3.8, 4) is 11.5 Å². The summed E-state index contributed by atoms with van der Waals surface area (Å²) in [5.41, 5.74) is 0.526. The molecule has 0 fully saturated rings. The van der Waals surface area contributed by atoms with Crippen LogP contribution in [0, 0.1) is 6.92 Å². The molecule has 0 unspecified atom stereocenters. The minimum atomic E-state index is -4.61. The number of anilines is 1. The van der Waals surface area contributed by atoms with Gasteiger partial charge in [-0.3, -0.25) is 9.35 Å². The molecule has 0 aromatic heterocycles. The molecule has 0 atom stereocenters. The average Bonchev–Trinajstić information content (AvgIpc) is 2.83. The lowest BCUT2D eigenvalue weighted by molar-refractivity contribution is 0.102. The number of amides is 1. The number of carbonyl (C=O) groups is 1. The van der Waals surface area contributed by atoms with Crippen molar-refractivity contribution in [3.05, 3.63) is 82.9 Å². The molecule has 0 aliphatic heterocycles. The Bertz CT molecular complexity index is 1640. The molecule has 0 saturated heterocycles. The Morgan fingerprint density at radius 2 is 1.72 bits per heavy atom. The maximum atomic E-state index is 13.1. The van der Waals surface area contributed by atoms with Gasteiger partial charge in [0.1, 0.15) is 16.3 Å². The van der Waals surface area contributed by atoms with E-state index < -0.39 is 26.7 Å². The van der Waals surface area contributed by atoms with Gasteiger partial charge in [-0.05, 0) is 48.2 Å². The molecular formula is C25H20ClN3O6S. The van der Waals surface area contributed by atoms with Crippen LogP contribution in [-0.2, 0) is 10.1 Å². The van der Waals surface area contributed by atoms with E-state index >= 15 is 0 Å². The van der Waals surface area contributed by atoms with Gasteiger partial charge in [-0.15, -0.1) is 5.11 Å². The van der Waals surface area contributed by atoms with Crippen molar-refractivity contribution in [1.82, 2.24) is 0 Å². The lowest BCUT2D eigenvalue weighted by Crippen LogP contribution is -2.13. The summed E-state index contributed by atoms with van der Waals surface area (Å²) < 4.78 is 38.3. The summed E-state index contributed by atoms with van der Waals surface area (Å²) in [6.07, 6.45) is 0. The Morgan fingerprint density at radius 1 is 1.03 bits per heavy atom. The van der Waals surface area contributed by atoms with Crippen molar-refractivity contribution in [2.75, 3.05) is 12.4 Å². The van der Waals surface area contributed by atoms with E-state index in [0.717, 1.165) is 0 Å². The predicted molar refractivity (Wildman–Crippen MR) is 137 cm³/mol. The zero-order chi connectivity index (χ0) is 26.0. The van der Waals surface area contributed by atoms with Crippen LogP contribution in [0.25, 0.3) is 10.8 Å². The Labute approximate surface area is 211 Å². The zero-order valence-electron chi connectivity index (χ0n) is 19.1. The number of ether oxygens (including phenoxy) is 1. The number of hydrogen-bond acceptors (Lipinski definition) is 7. The number of aromatic hydroxyl groups is 1. The Kier molecular flexibility index (Phi) is 6.93. The first-order valence-electron chi connectivity index (χ1n) is 10.5. The number of methoxy groups -OCH3 is 1. The summed E-state index contributed by atoms with van der Waals surface area (Å²) in [7, 11) is -3.14. The van der Waals surface area contributed by atoms with E-state index in [9.17, 15) is 22.9 Å². The van der Waals surface area contributed by atoms with Crippen molar-refractivity contribution in [2.45, 2.75) is 11.8 Å².